The van der Waals surface area contributed by atoms with Gasteiger partial charge in [0, 0.05) is 12.8 Å². The molecule has 0 saturated carbocycles. The van der Waals surface area contributed by atoms with Crippen LogP contribution >= 0.6 is 0 Å². The summed E-state index contributed by atoms with van der Waals surface area (Å²) in [5.41, 5.74) is 0.543. The molecule has 5 nitrogen and oxygen atoms in total. The van der Waals surface area contributed by atoms with Crippen molar-refractivity contribution in [3.05, 3.63) is 24.3 Å². The summed E-state index contributed by atoms with van der Waals surface area (Å²) in [6.45, 7) is -0.0269. The number of amides is 2. The third kappa shape index (κ3) is 2.26. The van der Waals surface area contributed by atoms with E-state index < -0.39 is 0 Å². The number of hydrogen-bond acceptors (Lipinski definition) is 4. The van der Waals surface area contributed by atoms with Crippen LogP contribution in [-0.4, -0.2) is 18.4 Å². The number of imide groups is 1. The minimum atomic E-state index is -0.180. The number of carbonyl (C=O) groups excluding carboxylic acids is 2. The first-order valence-corrected chi connectivity index (χ1v) is 5.18. The molecule has 0 N–H and O–H groups in total. The topological polar surface area (TPSA) is 70.4 Å². The van der Waals surface area contributed by atoms with Gasteiger partial charge in [-0.15, -0.1) is 0 Å². The first-order chi connectivity index (χ1) is 8.22. The Morgan fingerprint density at radius 3 is 2.29 bits per heavy atom. The van der Waals surface area contributed by atoms with Crippen molar-refractivity contribution in [2.24, 2.45) is 0 Å². The highest BCUT2D eigenvalue weighted by Gasteiger charge is 2.29. The normalized spacial score (nSPS) is 14.9. The molecule has 0 aromatic heterocycles. The smallest absolute Gasteiger partial charge is 0.234 e. The van der Waals surface area contributed by atoms with Crippen LogP contribution < -0.4 is 9.64 Å². The Bertz CT molecular complexity index is 471. The van der Waals surface area contributed by atoms with Gasteiger partial charge in [-0.05, 0) is 24.3 Å². The van der Waals surface area contributed by atoms with Gasteiger partial charge in [-0.25, -0.2) is 0 Å². The molecule has 2 amide bonds. The molecular weight excluding hydrogens is 220 g/mol. The van der Waals surface area contributed by atoms with E-state index in [2.05, 4.69) is 0 Å². The Labute approximate surface area is 98.2 Å². The third-order valence-corrected chi connectivity index (χ3v) is 2.45. The fourth-order valence-corrected chi connectivity index (χ4v) is 1.67. The average molecular weight is 230 g/mol. The van der Waals surface area contributed by atoms with Crippen molar-refractivity contribution in [2.45, 2.75) is 12.8 Å². The molecule has 0 radical (unpaired) electrons. The number of nitriles is 1. The van der Waals surface area contributed by atoms with Crippen molar-refractivity contribution in [1.29, 1.82) is 5.26 Å². The van der Waals surface area contributed by atoms with Gasteiger partial charge in [0.1, 0.15) is 11.8 Å². The van der Waals surface area contributed by atoms with Crippen LogP contribution in [0.1, 0.15) is 12.8 Å². The van der Waals surface area contributed by atoms with Gasteiger partial charge in [0.15, 0.2) is 6.61 Å². The van der Waals surface area contributed by atoms with E-state index in [0.717, 1.165) is 0 Å². The second-order valence-electron chi connectivity index (χ2n) is 3.56. The highest BCUT2D eigenvalue weighted by Crippen LogP contribution is 2.24. The number of nitrogens with zero attached hydrogens (tertiary/aromatic N) is 2. The minimum Gasteiger partial charge on any atom is -0.479 e. The van der Waals surface area contributed by atoms with Gasteiger partial charge >= 0.3 is 0 Å². The molecule has 1 aromatic carbocycles. The molecule has 1 aromatic rings. The number of carbonyl (C=O) groups is 2. The Balaban J connectivity index is 2.15. The maximum atomic E-state index is 11.5. The number of anilines is 1. The molecule has 2 rings (SSSR count). The molecule has 0 atom stereocenters. The summed E-state index contributed by atoms with van der Waals surface area (Å²) in [6.07, 6.45) is 0.539. The van der Waals surface area contributed by atoms with Gasteiger partial charge < -0.3 is 4.74 Å². The van der Waals surface area contributed by atoms with E-state index in [1.807, 2.05) is 6.07 Å². The standard InChI is InChI=1S/C12H10N2O3/c13-7-8-17-10-3-1-9(2-4-10)14-11(15)5-6-12(14)16/h1-4H,5-6,8H2. The molecular formula is C12H10N2O3. The molecule has 0 unspecified atom stereocenters. The SMILES string of the molecule is N#CCOc1ccc(N2C(=O)CCC2=O)cc1. The Morgan fingerprint density at radius 2 is 1.76 bits per heavy atom. The van der Waals surface area contributed by atoms with Crippen LogP contribution in [0.3, 0.4) is 0 Å². The molecule has 1 aliphatic heterocycles. The molecule has 1 saturated heterocycles. The molecule has 1 heterocycles. The van der Waals surface area contributed by atoms with Crippen LogP contribution in [0.4, 0.5) is 5.69 Å². The summed E-state index contributed by atoms with van der Waals surface area (Å²) in [7, 11) is 0. The summed E-state index contributed by atoms with van der Waals surface area (Å²) in [4.78, 5) is 24.1. The molecule has 5 heteroatoms. The van der Waals surface area contributed by atoms with E-state index in [9.17, 15) is 9.59 Å². The summed E-state index contributed by atoms with van der Waals surface area (Å²) in [6, 6.07) is 8.39. The second-order valence-corrected chi connectivity index (χ2v) is 3.56. The lowest BCUT2D eigenvalue weighted by Crippen LogP contribution is -2.28. The zero-order chi connectivity index (χ0) is 12.3. The third-order valence-electron chi connectivity index (χ3n) is 2.45. The van der Waals surface area contributed by atoms with Crippen LogP contribution in [0.15, 0.2) is 24.3 Å². The highest BCUT2D eigenvalue weighted by atomic mass is 16.5. The second kappa shape index (κ2) is 4.66. The first-order valence-electron chi connectivity index (χ1n) is 5.18. The summed E-state index contributed by atoms with van der Waals surface area (Å²) >= 11 is 0. The molecule has 0 spiro atoms. The Morgan fingerprint density at radius 1 is 1.18 bits per heavy atom. The average Bonchev–Trinajstić information content (AvgIpc) is 2.67. The van der Waals surface area contributed by atoms with E-state index in [4.69, 9.17) is 10.00 Å². The zero-order valence-corrected chi connectivity index (χ0v) is 9.05. The fourth-order valence-electron chi connectivity index (χ4n) is 1.67. The summed E-state index contributed by atoms with van der Waals surface area (Å²) in [5, 5.41) is 8.35. The maximum Gasteiger partial charge on any atom is 0.234 e. The van der Waals surface area contributed by atoms with Gasteiger partial charge in [0.2, 0.25) is 11.8 Å². The van der Waals surface area contributed by atoms with Crippen molar-refractivity contribution in [1.82, 2.24) is 0 Å². The van der Waals surface area contributed by atoms with Crippen molar-refractivity contribution in [3.63, 3.8) is 0 Å². The Kier molecular flexibility index (Phi) is 3.06. The van der Waals surface area contributed by atoms with E-state index >= 15 is 0 Å². The Hall–Kier alpha value is -2.35. The predicted octanol–water partition coefficient (Wildman–Crippen LogP) is 1.24. The number of hydrogen-bond donors (Lipinski definition) is 0. The van der Waals surface area contributed by atoms with Gasteiger partial charge in [-0.2, -0.15) is 5.26 Å². The predicted molar refractivity (Wildman–Crippen MR) is 59.3 cm³/mol. The molecule has 86 valence electrons. The molecule has 17 heavy (non-hydrogen) atoms. The monoisotopic (exact) mass is 230 g/mol. The molecule has 0 aliphatic carbocycles. The van der Waals surface area contributed by atoms with Crippen molar-refractivity contribution >= 4 is 17.5 Å². The lowest BCUT2D eigenvalue weighted by atomic mass is 10.3. The van der Waals surface area contributed by atoms with Crippen LogP contribution in [0.5, 0.6) is 5.75 Å². The first kappa shape index (κ1) is 11.1. The van der Waals surface area contributed by atoms with E-state index in [1.54, 1.807) is 24.3 Å². The van der Waals surface area contributed by atoms with Crippen LogP contribution in [0, 0.1) is 11.3 Å². The number of benzene rings is 1. The van der Waals surface area contributed by atoms with Crippen LogP contribution in [0.2, 0.25) is 0 Å². The maximum absolute atomic E-state index is 11.5. The number of rotatable bonds is 3. The van der Waals surface area contributed by atoms with Crippen LogP contribution in [0.25, 0.3) is 0 Å². The van der Waals surface area contributed by atoms with Gasteiger partial charge in [0.25, 0.3) is 0 Å². The lowest BCUT2D eigenvalue weighted by Gasteiger charge is -2.13. The summed E-state index contributed by atoms with van der Waals surface area (Å²) in [5.74, 6) is 0.177. The van der Waals surface area contributed by atoms with Crippen molar-refractivity contribution < 1.29 is 14.3 Å². The van der Waals surface area contributed by atoms with Gasteiger partial charge in [-0.1, -0.05) is 0 Å². The highest BCUT2D eigenvalue weighted by molar-refractivity contribution is 6.19. The molecule has 1 aliphatic rings. The number of ether oxygens (including phenoxy) is 1. The van der Waals surface area contributed by atoms with E-state index in [0.29, 0.717) is 11.4 Å². The van der Waals surface area contributed by atoms with E-state index in [1.165, 1.54) is 4.90 Å². The quantitative estimate of drug-likeness (QED) is 0.732. The minimum absolute atomic E-state index is 0.0269. The molecule has 1 fully saturated rings. The zero-order valence-electron chi connectivity index (χ0n) is 9.05. The summed E-state index contributed by atoms with van der Waals surface area (Å²) < 4.78 is 5.08. The van der Waals surface area contributed by atoms with Gasteiger partial charge in [-0.3, -0.25) is 14.5 Å². The largest absolute Gasteiger partial charge is 0.479 e. The fraction of sp³-hybridized carbons (Fsp3) is 0.250. The van der Waals surface area contributed by atoms with Crippen molar-refractivity contribution in [2.75, 3.05) is 11.5 Å². The van der Waals surface area contributed by atoms with Crippen LogP contribution in [-0.2, 0) is 9.59 Å². The van der Waals surface area contributed by atoms with E-state index in [-0.39, 0.29) is 31.3 Å². The van der Waals surface area contributed by atoms with Gasteiger partial charge in [0.05, 0.1) is 5.69 Å². The lowest BCUT2D eigenvalue weighted by molar-refractivity contribution is -0.121. The molecule has 0 bridgehead atoms. The van der Waals surface area contributed by atoms with Crippen molar-refractivity contribution in [3.8, 4) is 11.8 Å².